The Morgan fingerprint density at radius 3 is 2.93 bits per heavy atom. The molecule has 0 radical (unpaired) electrons. The number of morpholine rings is 1. The fourth-order valence-electron chi connectivity index (χ4n) is 3.21. The Kier molecular flexibility index (Phi) is 6.41. The first-order valence-electron chi connectivity index (χ1n) is 9.47. The van der Waals surface area contributed by atoms with Crippen LogP contribution in [0.15, 0.2) is 40.1 Å². The molecule has 0 amide bonds. The van der Waals surface area contributed by atoms with Gasteiger partial charge in [0.15, 0.2) is 11.5 Å². The van der Waals surface area contributed by atoms with Gasteiger partial charge in [-0.25, -0.2) is 9.37 Å². The van der Waals surface area contributed by atoms with Crippen LogP contribution in [0.25, 0.3) is 11.2 Å². The summed E-state index contributed by atoms with van der Waals surface area (Å²) in [6.07, 6.45) is 1.59. The minimum atomic E-state index is -0.379. The summed E-state index contributed by atoms with van der Waals surface area (Å²) in [4.78, 5) is 14.3. The summed E-state index contributed by atoms with van der Waals surface area (Å²) in [5.74, 6) is 0.389. The van der Waals surface area contributed by atoms with Crippen molar-refractivity contribution >= 4 is 44.6 Å². The van der Waals surface area contributed by atoms with E-state index in [0.717, 1.165) is 39.4 Å². The SMILES string of the molecule is O/N=C(/Nc1ccc(F)c(Br)c1)c1ccnc2nc(NCCN3CCOCC3)[nH]c12. The van der Waals surface area contributed by atoms with Crippen LogP contribution >= 0.6 is 15.9 Å². The summed E-state index contributed by atoms with van der Waals surface area (Å²) in [7, 11) is 0. The van der Waals surface area contributed by atoms with Crippen LogP contribution in [0.1, 0.15) is 5.56 Å². The third-order valence-electron chi connectivity index (χ3n) is 4.75. The van der Waals surface area contributed by atoms with Crippen molar-refractivity contribution in [2.75, 3.05) is 50.0 Å². The zero-order valence-electron chi connectivity index (χ0n) is 16.0. The highest BCUT2D eigenvalue weighted by Gasteiger charge is 2.15. The first-order valence-corrected chi connectivity index (χ1v) is 10.3. The lowest BCUT2D eigenvalue weighted by Crippen LogP contribution is -2.39. The van der Waals surface area contributed by atoms with E-state index in [1.54, 1.807) is 24.4 Å². The number of hydrogen-bond donors (Lipinski definition) is 4. The second-order valence-corrected chi connectivity index (χ2v) is 7.58. The maximum absolute atomic E-state index is 13.5. The first-order chi connectivity index (χ1) is 14.6. The van der Waals surface area contributed by atoms with Crippen molar-refractivity contribution in [2.24, 2.45) is 5.16 Å². The van der Waals surface area contributed by atoms with E-state index in [2.05, 4.69) is 51.6 Å². The van der Waals surface area contributed by atoms with E-state index in [1.807, 2.05) is 0 Å². The molecule has 0 bridgehead atoms. The number of rotatable bonds is 6. The van der Waals surface area contributed by atoms with Gasteiger partial charge in [-0.05, 0) is 40.2 Å². The van der Waals surface area contributed by atoms with Gasteiger partial charge in [0.1, 0.15) is 5.82 Å². The van der Waals surface area contributed by atoms with Gasteiger partial charge in [0.05, 0.1) is 23.2 Å². The number of hydrogen-bond acceptors (Lipinski definition) is 7. The van der Waals surface area contributed by atoms with E-state index in [-0.39, 0.29) is 11.7 Å². The average molecular weight is 478 g/mol. The number of anilines is 2. The number of aromatic nitrogens is 3. The van der Waals surface area contributed by atoms with E-state index in [0.29, 0.717) is 32.8 Å². The van der Waals surface area contributed by atoms with Gasteiger partial charge in [-0.15, -0.1) is 0 Å². The molecule has 0 atom stereocenters. The third kappa shape index (κ3) is 4.69. The molecule has 158 valence electrons. The van der Waals surface area contributed by atoms with Gasteiger partial charge in [-0.3, -0.25) is 4.90 Å². The number of amidine groups is 1. The molecule has 0 aliphatic carbocycles. The van der Waals surface area contributed by atoms with Gasteiger partial charge in [0, 0.05) is 43.6 Å². The standard InChI is InChI=1S/C19H21BrFN7O2/c20-14-11-12(1-2-15(14)21)24-17(27-29)13-3-4-22-18-16(13)25-19(26-18)23-5-6-28-7-9-30-10-8-28/h1-4,11,29H,5-10H2,(H,24,27)(H2,22,23,25,26). The zero-order valence-corrected chi connectivity index (χ0v) is 17.6. The second-order valence-electron chi connectivity index (χ2n) is 6.73. The molecule has 1 fully saturated rings. The first kappa shape index (κ1) is 20.5. The molecular formula is C19H21BrFN7O2. The minimum Gasteiger partial charge on any atom is -0.409 e. The highest BCUT2D eigenvalue weighted by atomic mass is 79.9. The number of oxime groups is 1. The van der Waals surface area contributed by atoms with Crippen LogP contribution in [-0.4, -0.2) is 70.3 Å². The van der Waals surface area contributed by atoms with Crippen LogP contribution in [0.3, 0.4) is 0 Å². The topological polar surface area (TPSA) is 111 Å². The van der Waals surface area contributed by atoms with E-state index in [4.69, 9.17) is 4.74 Å². The van der Waals surface area contributed by atoms with Crippen molar-refractivity contribution in [1.82, 2.24) is 19.9 Å². The molecule has 1 saturated heterocycles. The summed E-state index contributed by atoms with van der Waals surface area (Å²) < 4.78 is 19.1. The van der Waals surface area contributed by atoms with Gasteiger partial charge >= 0.3 is 0 Å². The Hall–Kier alpha value is -2.76. The molecule has 3 aromatic rings. The highest BCUT2D eigenvalue weighted by molar-refractivity contribution is 9.10. The highest BCUT2D eigenvalue weighted by Crippen LogP contribution is 2.22. The van der Waals surface area contributed by atoms with Crippen molar-refractivity contribution < 1.29 is 14.3 Å². The molecule has 2 aromatic heterocycles. The van der Waals surface area contributed by atoms with E-state index in [9.17, 15) is 9.60 Å². The van der Waals surface area contributed by atoms with E-state index < -0.39 is 0 Å². The smallest absolute Gasteiger partial charge is 0.202 e. The lowest BCUT2D eigenvalue weighted by atomic mass is 10.2. The van der Waals surface area contributed by atoms with Crippen LogP contribution in [0.4, 0.5) is 16.0 Å². The molecule has 3 heterocycles. The second kappa shape index (κ2) is 9.37. The third-order valence-corrected chi connectivity index (χ3v) is 5.36. The monoisotopic (exact) mass is 477 g/mol. The predicted octanol–water partition coefficient (Wildman–Crippen LogP) is 2.85. The summed E-state index contributed by atoms with van der Waals surface area (Å²) in [6, 6.07) is 6.13. The Morgan fingerprint density at radius 2 is 2.17 bits per heavy atom. The van der Waals surface area contributed by atoms with Gasteiger partial charge in [-0.2, -0.15) is 4.98 Å². The normalized spacial score (nSPS) is 15.5. The molecule has 1 aliphatic heterocycles. The van der Waals surface area contributed by atoms with Crippen LogP contribution < -0.4 is 10.6 Å². The molecule has 4 rings (SSSR count). The molecule has 11 heteroatoms. The van der Waals surface area contributed by atoms with E-state index >= 15 is 0 Å². The molecule has 9 nitrogen and oxygen atoms in total. The fourth-order valence-corrected chi connectivity index (χ4v) is 3.58. The van der Waals surface area contributed by atoms with Crippen molar-refractivity contribution in [3.8, 4) is 0 Å². The molecule has 30 heavy (non-hydrogen) atoms. The van der Waals surface area contributed by atoms with Crippen molar-refractivity contribution in [1.29, 1.82) is 0 Å². The van der Waals surface area contributed by atoms with Crippen LogP contribution in [0.2, 0.25) is 0 Å². The van der Waals surface area contributed by atoms with Crippen LogP contribution in [-0.2, 0) is 4.74 Å². The molecule has 0 saturated carbocycles. The minimum absolute atomic E-state index is 0.185. The number of fused-ring (bicyclic) bond motifs is 1. The van der Waals surface area contributed by atoms with Gasteiger partial charge in [0.25, 0.3) is 0 Å². The van der Waals surface area contributed by atoms with Gasteiger partial charge < -0.3 is 25.6 Å². The molecule has 0 unspecified atom stereocenters. The Morgan fingerprint density at radius 1 is 1.33 bits per heavy atom. The summed E-state index contributed by atoms with van der Waals surface area (Å²) >= 11 is 3.15. The number of ether oxygens (including phenoxy) is 1. The maximum Gasteiger partial charge on any atom is 0.202 e. The Labute approximate surface area is 180 Å². The van der Waals surface area contributed by atoms with Crippen molar-refractivity contribution in [3.05, 3.63) is 46.3 Å². The number of imidazole rings is 1. The fraction of sp³-hybridized carbons (Fsp3) is 0.316. The maximum atomic E-state index is 13.5. The average Bonchev–Trinajstić information content (AvgIpc) is 3.18. The number of benzene rings is 1. The molecule has 0 spiro atoms. The Bertz CT molecular complexity index is 1050. The number of halogens is 2. The number of aromatic amines is 1. The van der Waals surface area contributed by atoms with Gasteiger partial charge in [0.2, 0.25) is 5.95 Å². The summed E-state index contributed by atoms with van der Waals surface area (Å²) in [6.45, 7) is 4.98. The van der Waals surface area contributed by atoms with Gasteiger partial charge in [-0.1, -0.05) is 5.16 Å². The lowest BCUT2D eigenvalue weighted by Gasteiger charge is -2.26. The molecule has 1 aliphatic rings. The summed E-state index contributed by atoms with van der Waals surface area (Å²) in [5, 5.41) is 19.2. The zero-order chi connectivity index (χ0) is 20.9. The number of nitrogens with zero attached hydrogens (tertiary/aromatic N) is 4. The lowest BCUT2D eigenvalue weighted by molar-refractivity contribution is 0.0398. The Balaban J connectivity index is 1.49. The van der Waals surface area contributed by atoms with Crippen molar-refractivity contribution in [3.63, 3.8) is 0 Å². The van der Waals surface area contributed by atoms with E-state index in [1.165, 1.54) is 6.07 Å². The molecule has 1 aromatic carbocycles. The quantitative estimate of drug-likeness (QED) is 0.187. The van der Waals surface area contributed by atoms with Crippen LogP contribution in [0, 0.1) is 5.82 Å². The number of H-pyrrole nitrogens is 1. The number of nitrogens with one attached hydrogen (secondary N) is 3. The predicted molar refractivity (Wildman–Crippen MR) is 116 cm³/mol. The largest absolute Gasteiger partial charge is 0.409 e. The van der Waals surface area contributed by atoms with Crippen LogP contribution in [0.5, 0.6) is 0 Å². The van der Waals surface area contributed by atoms with Crippen molar-refractivity contribution in [2.45, 2.75) is 0 Å². The summed E-state index contributed by atoms with van der Waals surface area (Å²) in [5.41, 5.74) is 2.25. The molecule has 4 N–H and O–H groups in total. The molecular weight excluding hydrogens is 457 g/mol. The number of pyridine rings is 1.